The fraction of sp³-hybridized carbons (Fsp3) is 1.00. The van der Waals surface area contributed by atoms with E-state index in [4.69, 9.17) is 0 Å². The first-order valence-electron chi connectivity index (χ1n) is 8.96. The van der Waals surface area contributed by atoms with Gasteiger partial charge in [0.25, 0.3) is 0 Å². The lowest BCUT2D eigenvalue weighted by molar-refractivity contribution is 0.0160. The van der Waals surface area contributed by atoms with E-state index in [2.05, 4.69) is 37.9 Å². The fourth-order valence-corrected chi connectivity index (χ4v) is 4.07. The zero-order valence-electron chi connectivity index (χ0n) is 14.3. The van der Waals surface area contributed by atoms with Crippen LogP contribution in [0.15, 0.2) is 0 Å². The van der Waals surface area contributed by atoms with Crippen LogP contribution in [0.4, 0.5) is 0 Å². The zero-order chi connectivity index (χ0) is 14.6. The van der Waals surface area contributed by atoms with Crippen molar-refractivity contribution in [2.45, 2.75) is 90.6 Å². The van der Waals surface area contributed by atoms with Crippen molar-refractivity contribution in [2.75, 3.05) is 19.6 Å². The van der Waals surface area contributed by atoms with Gasteiger partial charge in [-0.05, 0) is 31.2 Å². The predicted octanol–water partition coefficient (Wildman–Crippen LogP) is 4.20. The monoisotopic (exact) mass is 280 g/mol. The number of hydrogen-bond donors (Lipinski definition) is 1. The molecule has 20 heavy (non-hydrogen) atoms. The lowest BCUT2D eigenvalue weighted by Gasteiger charge is -2.51. The van der Waals surface area contributed by atoms with Gasteiger partial charge < -0.3 is 5.32 Å². The third-order valence-corrected chi connectivity index (χ3v) is 5.61. The van der Waals surface area contributed by atoms with Gasteiger partial charge in [0, 0.05) is 24.7 Å². The Morgan fingerprint density at radius 1 is 1.10 bits per heavy atom. The van der Waals surface area contributed by atoms with Gasteiger partial charge in [0.15, 0.2) is 0 Å². The number of unbranched alkanes of at least 4 members (excludes halogenated alkanes) is 3. The maximum absolute atomic E-state index is 3.88. The second kappa shape index (κ2) is 6.79. The van der Waals surface area contributed by atoms with Crippen molar-refractivity contribution in [3.05, 3.63) is 0 Å². The fourth-order valence-electron chi connectivity index (χ4n) is 4.07. The minimum atomic E-state index is 0.377. The van der Waals surface area contributed by atoms with Crippen molar-refractivity contribution in [1.29, 1.82) is 0 Å². The lowest BCUT2D eigenvalue weighted by Crippen LogP contribution is -2.66. The normalized spacial score (nSPS) is 27.3. The van der Waals surface area contributed by atoms with Gasteiger partial charge in [-0.3, -0.25) is 4.90 Å². The van der Waals surface area contributed by atoms with Crippen LogP contribution in [0.25, 0.3) is 0 Å². The van der Waals surface area contributed by atoms with Crippen molar-refractivity contribution >= 4 is 0 Å². The van der Waals surface area contributed by atoms with E-state index in [9.17, 15) is 0 Å². The third kappa shape index (κ3) is 3.76. The molecule has 0 aromatic rings. The van der Waals surface area contributed by atoms with Crippen LogP contribution in [0, 0.1) is 5.41 Å². The largest absolute Gasteiger partial charge is 0.310 e. The highest BCUT2D eigenvalue weighted by atomic mass is 15.3. The molecule has 0 bridgehead atoms. The zero-order valence-corrected chi connectivity index (χ0v) is 14.3. The van der Waals surface area contributed by atoms with Gasteiger partial charge >= 0.3 is 0 Å². The second-order valence-corrected chi connectivity index (χ2v) is 8.24. The van der Waals surface area contributed by atoms with Crippen molar-refractivity contribution in [1.82, 2.24) is 10.2 Å². The highest BCUT2D eigenvalue weighted by Crippen LogP contribution is 2.39. The second-order valence-electron chi connectivity index (χ2n) is 8.24. The van der Waals surface area contributed by atoms with Gasteiger partial charge in [-0.25, -0.2) is 0 Å². The van der Waals surface area contributed by atoms with E-state index in [-0.39, 0.29) is 0 Å². The Morgan fingerprint density at radius 3 is 2.40 bits per heavy atom. The van der Waals surface area contributed by atoms with E-state index in [0.717, 1.165) is 0 Å². The number of rotatable bonds is 5. The maximum atomic E-state index is 3.88. The van der Waals surface area contributed by atoms with Crippen molar-refractivity contribution < 1.29 is 0 Å². The number of piperazine rings is 1. The standard InChI is InChI=1S/C18H36N2/c1-5-6-7-10-13-20-14-16(17(2,3)4)19-15-18(20)11-8-9-12-18/h16,19H,5-15H2,1-4H3. The summed E-state index contributed by atoms with van der Waals surface area (Å²) in [7, 11) is 0. The maximum Gasteiger partial charge on any atom is 0.0334 e. The average molecular weight is 281 g/mol. The molecule has 2 heteroatoms. The summed E-state index contributed by atoms with van der Waals surface area (Å²) in [5.41, 5.74) is 0.885. The molecule has 1 spiro atoms. The van der Waals surface area contributed by atoms with Crippen LogP contribution < -0.4 is 5.32 Å². The Bertz CT molecular complexity index is 286. The average Bonchev–Trinajstić information content (AvgIpc) is 2.84. The van der Waals surface area contributed by atoms with Crippen LogP contribution in [0.1, 0.15) is 79.1 Å². The molecule has 2 nitrogen and oxygen atoms in total. The molecule has 2 rings (SSSR count). The molecule has 0 aromatic carbocycles. The highest BCUT2D eigenvalue weighted by molar-refractivity contribution is 5.03. The summed E-state index contributed by atoms with van der Waals surface area (Å²) in [5.74, 6) is 0. The number of hydrogen-bond acceptors (Lipinski definition) is 2. The Hall–Kier alpha value is -0.0800. The molecule has 1 saturated carbocycles. The molecule has 1 aliphatic carbocycles. The molecule has 1 heterocycles. The van der Waals surface area contributed by atoms with Crippen LogP contribution in [0.3, 0.4) is 0 Å². The first-order valence-corrected chi connectivity index (χ1v) is 8.96. The molecule has 0 aromatic heterocycles. The Labute approximate surface area is 126 Å². The number of nitrogens with one attached hydrogen (secondary N) is 1. The highest BCUT2D eigenvalue weighted by Gasteiger charge is 2.45. The van der Waals surface area contributed by atoms with E-state index < -0.39 is 0 Å². The molecule has 2 fully saturated rings. The molecule has 0 amide bonds. The van der Waals surface area contributed by atoms with Gasteiger partial charge in [-0.1, -0.05) is 59.8 Å². The van der Waals surface area contributed by atoms with E-state index in [1.54, 1.807) is 0 Å². The Kier molecular flexibility index (Phi) is 5.53. The number of nitrogens with zero attached hydrogens (tertiary/aromatic N) is 1. The van der Waals surface area contributed by atoms with Crippen molar-refractivity contribution in [3.63, 3.8) is 0 Å². The van der Waals surface area contributed by atoms with Gasteiger partial charge in [0.05, 0.1) is 0 Å². The minimum absolute atomic E-state index is 0.377. The van der Waals surface area contributed by atoms with Crippen molar-refractivity contribution in [2.24, 2.45) is 5.41 Å². The summed E-state index contributed by atoms with van der Waals surface area (Å²) < 4.78 is 0. The third-order valence-electron chi connectivity index (χ3n) is 5.61. The van der Waals surface area contributed by atoms with Gasteiger partial charge in [-0.2, -0.15) is 0 Å². The molecule has 118 valence electrons. The summed E-state index contributed by atoms with van der Waals surface area (Å²) >= 11 is 0. The van der Waals surface area contributed by atoms with E-state index >= 15 is 0 Å². The molecular weight excluding hydrogens is 244 g/mol. The Balaban J connectivity index is 1.96. The molecule has 0 radical (unpaired) electrons. The Morgan fingerprint density at radius 2 is 1.80 bits per heavy atom. The molecule has 1 saturated heterocycles. The SMILES string of the molecule is CCCCCCN1CC(C(C)(C)C)NCC12CCCC2. The van der Waals surface area contributed by atoms with Crippen LogP contribution >= 0.6 is 0 Å². The summed E-state index contributed by atoms with van der Waals surface area (Å²) in [6, 6.07) is 0.653. The van der Waals surface area contributed by atoms with Crippen LogP contribution in [-0.2, 0) is 0 Å². The van der Waals surface area contributed by atoms with Crippen LogP contribution in [-0.4, -0.2) is 36.1 Å². The minimum Gasteiger partial charge on any atom is -0.310 e. The van der Waals surface area contributed by atoms with Crippen LogP contribution in [0.2, 0.25) is 0 Å². The summed E-state index contributed by atoms with van der Waals surface area (Å²) in [6.07, 6.45) is 11.3. The smallest absolute Gasteiger partial charge is 0.0334 e. The summed E-state index contributed by atoms with van der Waals surface area (Å²) in [4.78, 5) is 2.88. The van der Waals surface area contributed by atoms with E-state index in [1.807, 2.05) is 0 Å². The van der Waals surface area contributed by atoms with Gasteiger partial charge in [0.2, 0.25) is 0 Å². The summed E-state index contributed by atoms with van der Waals surface area (Å²) in [6.45, 7) is 13.3. The lowest BCUT2D eigenvalue weighted by atomic mass is 9.81. The summed E-state index contributed by atoms with van der Waals surface area (Å²) in [5, 5.41) is 3.88. The van der Waals surface area contributed by atoms with E-state index in [1.165, 1.54) is 71.0 Å². The molecule has 1 aliphatic heterocycles. The predicted molar refractivity (Wildman–Crippen MR) is 88.2 cm³/mol. The van der Waals surface area contributed by atoms with Crippen LogP contribution in [0.5, 0.6) is 0 Å². The molecule has 1 N–H and O–H groups in total. The first kappa shape index (κ1) is 16.3. The van der Waals surface area contributed by atoms with Gasteiger partial charge in [0.1, 0.15) is 0 Å². The van der Waals surface area contributed by atoms with Crippen molar-refractivity contribution in [3.8, 4) is 0 Å². The molecule has 2 aliphatic rings. The quantitative estimate of drug-likeness (QED) is 0.759. The topological polar surface area (TPSA) is 15.3 Å². The van der Waals surface area contributed by atoms with E-state index in [0.29, 0.717) is 17.0 Å². The van der Waals surface area contributed by atoms with Gasteiger partial charge in [-0.15, -0.1) is 0 Å². The first-order chi connectivity index (χ1) is 9.48. The molecular formula is C18H36N2. The molecule has 1 atom stereocenters. The molecule has 1 unspecified atom stereocenters.